The third-order valence-corrected chi connectivity index (χ3v) is 2.20. The highest BCUT2D eigenvalue weighted by Gasteiger charge is 2.05. The zero-order valence-electron chi connectivity index (χ0n) is 8.57. The Morgan fingerprint density at radius 3 is 2.75 bits per heavy atom. The molecule has 0 heterocycles. The number of nitrogens with one attached hydrogen (secondary N) is 1. The summed E-state index contributed by atoms with van der Waals surface area (Å²) in [6.45, 7) is 0. The molecule has 1 rings (SSSR count). The SMILES string of the molecule is O=C(CCCCl)Nc1cccc(C(=O)O)c1. The molecule has 0 fully saturated rings. The molecule has 16 heavy (non-hydrogen) atoms. The van der Waals surface area contributed by atoms with E-state index in [0.29, 0.717) is 24.4 Å². The minimum Gasteiger partial charge on any atom is -0.478 e. The van der Waals surface area contributed by atoms with Gasteiger partial charge in [-0.2, -0.15) is 0 Å². The summed E-state index contributed by atoms with van der Waals surface area (Å²) in [6, 6.07) is 6.11. The van der Waals surface area contributed by atoms with Gasteiger partial charge < -0.3 is 10.4 Å². The maximum atomic E-state index is 11.3. The van der Waals surface area contributed by atoms with Crippen LogP contribution in [0.4, 0.5) is 5.69 Å². The Bertz CT molecular complexity index is 393. The number of hydrogen-bond donors (Lipinski definition) is 2. The number of rotatable bonds is 5. The molecule has 0 radical (unpaired) electrons. The first-order valence-electron chi connectivity index (χ1n) is 4.82. The quantitative estimate of drug-likeness (QED) is 0.778. The van der Waals surface area contributed by atoms with Crippen molar-refractivity contribution in [2.45, 2.75) is 12.8 Å². The molecule has 0 saturated carbocycles. The van der Waals surface area contributed by atoms with Gasteiger partial charge in [0, 0.05) is 18.0 Å². The number of carboxylic acids is 1. The Balaban J connectivity index is 2.63. The third-order valence-electron chi connectivity index (χ3n) is 1.93. The molecule has 0 unspecified atom stereocenters. The predicted octanol–water partition coefficient (Wildman–Crippen LogP) is 2.34. The topological polar surface area (TPSA) is 66.4 Å². The second-order valence-electron chi connectivity index (χ2n) is 3.23. The molecule has 1 aromatic rings. The molecule has 0 spiro atoms. The van der Waals surface area contributed by atoms with E-state index in [2.05, 4.69) is 5.32 Å². The number of carbonyl (C=O) groups is 2. The molecule has 1 amide bonds. The van der Waals surface area contributed by atoms with E-state index in [-0.39, 0.29) is 11.5 Å². The van der Waals surface area contributed by atoms with Crippen LogP contribution in [0.2, 0.25) is 0 Å². The van der Waals surface area contributed by atoms with Gasteiger partial charge in [0.2, 0.25) is 5.91 Å². The number of benzene rings is 1. The lowest BCUT2D eigenvalue weighted by Crippen LogP contribution is -2.11. The smallest absolute Gasteiger partial charge is 0.335 e. The van der Waals surface area contributed by atoms with E-state index >= 15 is 0 Å². The fraction of sp³-hybridized carbons (Fsp3) is 0.273. The molecule has 2 N–H and O–H groups in total. The van der Waals surface area contributed by atoms with Crippen LogP contribution in [0.1, 0.15) is 23.2 Å². The van der Waals surface area contributed by atoms with E-state index in [1.807, 2.05) is 0 Å². The lowest BCUT2D eigenvalue weighted by molar-refractivity contribution is -0.116. The van der Waals surface area contributed by atoms with Crippen molar-refractivity contribution in [3.8, 4) is 0 Å². The normalized spacial score (nSPS) is 9.81. The van der Waals surface area contributed by atoms with Crippen LogP contribution in [-0.2, 0) is 4.79 Å². The van der Waals surface area contributed by atoms with Gasteiger partial charge in [0.15, 0.2) is 0 Å². The minimum absolute atomic E-state index is 0.148. The van der Waals surface area contributed by atoms with Crippen LogP contribution >= 0.6 is 11.6 Å². The summed E-state index contributed by atoms with van der Waals surface area (Å²) >= 11 is 5.46. The first-order chi connectivity index (χ1) is 7.63. The van der Waals surface area contributed by atoms with Crippen LogP contribution in [0.3, 0.4) is 0 Å². The molecule has 4 nitrogen and oxygen atoms in total. The van der Waals surface area contributed by atoms with Gasteiger partial charge in [-0.15, -0.1) is 11.6 Å². The Labute approximate surface area is 98.2 Å². The third kappa shape index (κ3) is 3.90. The van der Waals surface area contributed by atoms with E-state index in [0.717, 1.165) is 0 Å². The van der Waals surface area contributed by atoms with Crippen molar-refractivity contribution < 1.29 is 14.7 Å². The molecule has 1 aromatic carbocycles. The van der Waals surface area contributed by atoms with Gasteiger partial charge in [-0.1, -0.05) is 6.07 Å². The number of alkyl halides is 1. The lowest BCUT2D eigenvalue weighted by Gasteiger charge is -2.05. The highest BCUT2D eigenvalue weighted by Crippen LogP contribution is 2.11. The molecule has 0 aliphatic heterocycles. The average Bonchev–Trinajstić information content (AvgIpc) is 2.26. The number of hydrogen-bond acceptors (Lipinski definition) is 2. The van der Waals surface area contributed by atoms with Crippen molar-refractivity contribution in [2.24, 2.45) is 0 Å². The van der Waals surface area contributed by atoms with Crippen LogP contribution in [-0.4, -0.2) is 22.9 Å². The van der Waals surface area contributed by atoms with E-state index in [1.54, 1.807) is 12.1 Å². The molecule has 86 valence electrons. The maximum absolute atomic E-state index is 11.3. The van der Waals surface area contributed by atoms with Gasteiger partial charge in [0.25, 0.3) is 0 Å². The lowest BCUT2D eigenvalue weighted by atomic mass is 10.2. The standard InChI is InChI=1S/C11H12ClNO3/c12-6-2-5-10(14)13-9-4-1-3-8(7-9)11(15)16/h1,3-4,7H,2,5-6H2,(H,13,14)(H,15,16). The molecule has 5 heteroatoms. The van der Waals surface area contributed by atoms with E-state index in [9.17, 15) is 9.59 Å². The zero-order chi connectivity index (χ0) is 12.0. The molecule has 0 atom stereocenters. The van der Waals surface area contributed by atoms with Gasteiger partial charge in [0.05, 0.1) is 5.56 Å². The molecular formula is C11H12ClNO3. The largest absolute Gasteiger partial charge is 0.478 e. The molecular weight excluding hydrogens is 230 g/mol. The minimum atomic E-state index is -1.02. The Morgan fingerprint density at radius 1 is 1.38 bits per heavy atom. The van der Waals surface area contributed by atoms with E-state index in [4.69, 9.17) is 16.7 Å². The van der Waals surface area contributed by atoms with Crippen molar-refractivity contribution in [2.75, 3.05) is 11.2 Å². The van der Waals surface area contributed by atoms with Crippen LogP contribution in [0.15, 0.2) is 24.3 Å². The van der Waals surface area contributed by atoms with Crippen LogP contribution < -0.4 is 5.32 Å². The first-order valence-corrected chi connectivity index (χ1v) is 5.36. The van der Waals surface area contributed by atoms with Gasteiger partial charge in [-0.3, -0.25) is 4.79 Å². The van der Waals surface area contributed by atoms with Gasteiger partial charge >= 0.3 is 5.97 Å². The fourth-order valence-corrected chi connectivity index (χ4v) is 1.31. The summed E-state index contributed by atoms with van der Waals surface area (Å²) in [5.41, 5.74) is 0.634. The van der Waals surface area contributed by atoms with Gasteiger partial charge in [-0.05, 0) is 24.6 Å². The van der Waals surface area contributed by atoms with Crippen molar-refractivity contribution in [3.63, 3.8) is 0 Å². The summed E-state index contributed by atoms with van der Waals surface area (Å²) in [7, 11) is 0. The Morgan fingerprint density at radius 2 is 2.12 bits per heavy atom. The fourth-order valence-electron chi connectivity index (χ4n) is 1.18. The number of aromatic carboxylic acids is 1. The van der Waals surface area contributed by atoms with Crippen LogP contribution in [0, 0.1) is 0 Å². The van der Waals surface area contributed by atoms with Crippen molar-refractivity contribution in [3.05, 3.63) is 29.8 Å². The van der Waals surface area contributed by atoms with Crippen LogP contribution in [0.25, 0.3) is 0 Å². The predicted molar refractivity (Wildman–Crippen MR) is 62.0 cm³/mol. The first kappa shape index (κ1) is 12.5. The molecule has 0 aliphatic carbocycles. The summed E-state index contributed by atoms with van der Waals surface area (Å²) in [6.07, 6.45) is 0.937. The Hall–Kier alpha value is -1.55. The average molecular weight is 242 g/mol. The van der Waals surface area contributed by atoms with E-state index < -0.39 is 5.97 Å². The zero-order valence-corrected chi connectivity index (χ0v) is 9.33. The van der Waals surface area contributed by atoms with Gasteiger partial charge in [0.1, 0.15) is 0 Å². The van der Waals surface area contributed by atoms with Crippen molar-refractivity contribution in [1.82, 2.24) is 0 Å². The summed E-state index contributed by atoms with van der Waals surface area (Å²) in [5.74, 6) is -0.747. The highest BCUT2D eigenvalue weighted by atomic mass is 35.5. The van der Waals surface area contributed by atoms with Crippen LogP contribution in [0.5, 0.6) is 0 Å². The Kier molecular flexibility index (Phi) is 4.79. The molecule has 0 saturated heterocycles. The summed E-state index contributed by atoms with van der Waals surface area (Å²) < 4.78 is 0. The number of amides is 1. The molecule has 0 aromatic heterocycles. The van der Waals surface area contributed by atoms with E-state index in [1.165, 1.54) is 12.1 Å². The monoisotopic (exact) mass is 241 g/mol. The number of carboxylic acid groups (broad SMARTS) is 1. The molecule has 0 aliphatic rings. The number of carbonyl (C=O) groups excluding carboxylic acids is 1. The summed E-state index contributed by atoms with van der Waals surface area (Å²) in [5, 5.41) is 11.4. The second kappa shape index (κ2) is 6.12. The number of halogens is 1. The van der Waals surface area contributed by atoms with Crippen molar-refractivity contribution in [1.29, 1.82) is 0 Å². The van der Waals surface area contributed by atoms with Crippen molar-refractivity contribution >= 4 is 29.2 Å². The second-order valence-corrected chi connectivity index (χ2v) is 3.60. The number of anilines is 1. The highest BCUT2D eigenvalue weighted by molar-refractivity contribution is 6.18. The maximum Gasteiger partial charge on any atom is 0.335 e. The summed E-state index contributed by atoms with van der Waals surface area (Å²) in [4.78, 5) is 22.0. The molecule has 0 bridgehead atoms. The van der Waals surface area contributed by atoms with Gasteiger partial charge in [-0.25, -0.2) is 4.79 Å².